The lowest BCUT2D eigenvalue weighted by atomic mass is 9.68. The number of nitrogens with zero attached hydrogens (tertiary/aromatic N) is 2. The van der Waals surface area contributed by atoms with Gasteiger partial charge in [0.15, 0.2) is 0 Å². The number of carboxylic acids is 1. The van der Waals surface area contributed by atoms with Gasteiger partial charge in [0, 0.05) is 25.7 Å². The van der Waals surface area contributed by atoms with Gasteiger partial charge < -0.3 is 10.0 Å². The van der Waals surface area contributed by atoms with E-state index >= 15 is 0 Å². The zero-order valence-corrected chi connectivity index (χ0v) is 15.4. The van der Waals surface area contributed by atoms with Gasteiger partial charge in [-0.3, -0.25) is 4.79 Å². The summed E-state index contributed by atoms with van der Waals surface area (Å²) in [7, 11) is 3.98. The van der Waals surface area contributed by atoms with Crippen molar-refractivity contribution in [2.45, 2.75) is 26.7 Å². The van der Waals surface area contributed by atoms with Crippen molar-refractivity contribution in [3.05, 3.63) is 42.0 Å². The normalized spacial score (nSPS) is 20.1. The van der Waals surface area contributed by atoms with E-state index < -0.39 is 11.9 Å². The molecule has 1 N–H and O–H groups in total. The Morgan fingerprint density at radius 1 is 1.48 bits per heavy atom. The van der Waals surface area contributed by atoms with Gasteiger partial charge >= 0.3 is 5.97 Å². The first-order valence-corrected chi connectivity index (χ1v) is 8.46. The highest BCUT2D eigenvalue weighted by Crippen LogP contribution is 2.45. The van der Waals surface area contributed by atoms with Crippen LogP contribution in [-0.2, 0) is 4.79 Å². The van der Waals surface area contributed by atoms with E-state index in [2.05, 4.69) is 26.5 Å². The molecule has 4 heteroatoms. The third-order valence-electron chi connectivity index (χ3n) is 4.82. The van der Waals surface area contributed by atoms with Crippen molar-refractivity contribution in [1.82, 2.24) is 0 Å². The molecule has 25 heavy (non-hydrogen) atoms. The number of hydrogen-bond donors (Lipinski definition) is 1. The standard InChI is InChI=1S/C21H26N2O2/c1-6-14-7-8-17(23(4)5)10-18(14)15-9-16(12-21(2,3)11-15)19(13-22)20(24)25/h6-10,16,19H,1,11-12H2,2-5H3,(H,24,25). The lowest BCUT2D eigenvalue weighted by Gasteiger charge is -2.36. The number of hydrogen-bond acceptors (Lipinski definition) is 3. The number of benzene rings is 1. The number of carboxylic acid groups (broad SMARTS) is 1. The molecular weight excluding hydrogens is 312 g/mol. The first kappa shape index (κ1) is 18.8. The van der Waals surface area contributed by atoms with Crippen LogP contribution < -0.4 is 4.90 Å². The average Bonchev–Trinajstić information content (AvgIpc) is 2.53. The molecule has 132 valence electrons. The molecule has 0 radical (unpaired) electrons. The fourth-order valence-electron chi connectivity index (χ4n) is 3.61. The lowest BCUT2D eigenvalue weighted by molar-refractivity contribution is -0.141. The zero-order chi connectivity index (χ0) is 18.8. The van der Waals surface area contributed by atoms with Crippen LogP contribution in [0.5, 0.6) is 0 Å². The Morgan fingerprint density at radius 2 is 2.16 bits per heavy atom. The number of aliphatic carboxylic acids is 1. The second kappa shape index (κ2) is 7.14. The summed E-state index contributed by atoms with van der Waals surface area (Å²) in [5, 5.41) is 18.7. The van der Waals surface area contributed by atoms with E-state index in [0.717, 1.165) is 28.8 Å². The Labute approximate surface area is 150 Å². The van der Waals surface area contributed by atoms with Crippen LogP contribution in [0.3, 0.4) is 0 Å². The highest BCUT2D eigenvalue weighted by Gasteiger charge is 2.36. The summed E-state index contributed by atoms with van der Waals surface area (Å²) in [6, 6.07) is 8.16. The van der Waals surface area contributed by atoms with Gasteiger partial charge in [-0.1, -0.05) is 38.6 Å². The molecule has 2 unspecified atom stereocenters. The molecule has 1 aliphatic rings. The monoisotopic (exact) mass is 338 g/mol. The quantitative estimate of drug-likeness (QED) is 0.862. The van der Waals surface area contributed by atoms with E-state index in [-0.39, 0.29) is 11.3 Å². The number of anilines is 1. The molecule has 0 aromatic heterocycles. The summed E-state index contributed by atoms with van der Waals surface area (Å²) in [4.78, 5) is 13.5. The molecule has 2 rings (SSSR count). The molecule has 0 aliphatic heterocycles. The van der Waals surface area contributed by atoms with Crippen LogP contribution in [0.1, 0.15) is 37.8 Å². The molecule has 4 nitrogen and oxygen atoms in total. The van der Waals surface area contributed by atoms with Gasteiger partial charge in [-0.15, -0.1) is 0 Å². The molecule has 0 bridgehead atoms. The third-order valence-corrected chi connectivity index (χ3v) is 4.82. The summed E-state index contributed by atoms with van der Waals surface area (Å²) in [6.07, 6.45) is 5.36. The Balaban J connectivity index is 2.57. The molecule has 0 heterocycles. The van der Waals surface area contributed by atoms with Gasteiger partial charge in [-0.2, -0.15) is 5.26 Å². The molecule has 0 fully saturated rings. The van der Waals surface area contributed by atoms with Crippen LogP contribution in [-0.4, -0.2) is 25.2 Å². The van der Waals surface area contributed by atoms with Gasteiger partial charge in [0.25, 0.3) is 0 Å². The van der Waals surface area contributed by atoms with Crippen molar-refractivity contribution in [3.63, 3.8) is 0 Å². The SMILES string of the molecule is C=Cc1ccc(N(C)C)cc1C1=CC(C(C#N)C(=O)O)CC(C)(C)C1. The Bertz CT molecular complexity index is 754. The minimum atomic E-state index is -1.05. The second-order valence-corrected chi connectivity index (χ2v) is 7.72. The van der Waals surface area contributed by atoms with Crippen LogP contribution in [0.15, 0.2) is 30.9 Å². The van der Waals surface area contributed by atoms with E-state index in [9.17, 15) is 15.2 Å². The van der Waals surface area contributed by atoms with Gasteiger partial charge in [0.05, 0.1) is 6.07 Å². The molecule has 1 aromatic rings. The van der Waals surface area contributed by atoms with Crippen LogP contribution in [0, 0.1) is 28.6 Å². The van der Waals surface area contributed by atoms with Crippen molar-refractivity contribution < 1.29 is 9.90 Å². The minimum absolute atomic E-state index is 0.0636. The van der Waals surface area contributed by atoms with Gasteiger partial charge in [-0.25, -0.2) is 0 Å². The molecular formula is C21H26N2O2. The van der Waals surface area contributed by atoms with E-state index in [1.165, 1.54) is 0 Å². The molecule has 1 aliphatic carbocycles. The molecule has 0 saturated heterocycles. The van der Waals surface area contributed by atoms with Crippen molar-refractivity contribution in [2.24, 2.45) is 17.3 Å². The van der Waals surface area contributed by atoms with Crippen molar-refractivity contribution in [3.8, 4) is 6.07 Å². The van der Waals surface area contributed by atoms with E-state index in [1.54, 1.807) is 0 Å². The maximum atomic E-state index is 11.5. The van der Waals surface area contributed by atoms with Gasteiger partial charge in [0.2, 0.25) is 0 Å². The summed E-state index contributed by atoms with van der Waals surface area (Å²) >= 11 is 0. The van der Waals surface area contributed by atoms with Gasteiger partial charge in [0.1, 0.15) is 5.92 Å². The maximum Gasteiger partial charge on any atom is 0.321 e. The van der Waals surface area contributed by atoms with E-state index in [0.29, 0.717) is 6.42 Å². The molecule has 0 saturated carbocycles. The van der Waals surface area contributed by atoms with E-state index in [4.69, 9.17) is 0 Å². The summed E-state index contributed by atoms with van der Waals surface area (Å²) < 4.78 is 0. The Hall–Kier alpha value is -2.54. The largest absolute Gasteiger partial charge is 0.480 e. The summed E-state index contributed by atoms with van der Waals surface area (Å²) in [6.45, 7) is 8.17. The van der Waals surface area contributed by atoms with Crippen LogP contribution in [0.2, 0.25) is 0 Å². The number of carbonyl (C=O) groups is 1. The fourth-order valence-corrected chi connectivity index (χ4v) is 3.61. The fraction of sp³-hybridized carbons (Fsp3) is 0.429. The summed E-state index contributed by atoms with van der Waals surface area (Å²) in [5.74, 6) is -2.35. The third kappa shape index (κ3) is 4.11. The van der Waals surface area contributed by atoms with Crippen LogP contribution in [0.4, 0.5) is 5.69 Å². The Morgan fingerprint density at radius 3 is 2.68 bits per heavy atom. The number of allylic oxidation sites excluding steroid dienone is 2. The van der Waals surface area contributed by atoms with Crippen molar-refractivity contribution >= 4 is 23.3 Å². The Kier molecular flexibility index (Phi) is 5.37. The van der Waals surface area contributed by atoms with Crippen molar-refractivity contribution in [1.29, 1.82) is 5.26 Å². The predicted octanol–water partition coefficient (Wildman–Crippen LogP) is 4.44. The van der Waals surface area contributed by atoms with E-state index in [1.807, 2.05) is 49.3 Å². The first-order chi connectivity index (χ1) is 11.7. The lowest BCUT2D eigenvalue weighted by Crippen LogP contribution is -2.29. The highest BCUT2D eigenvalue weighted by atomic mass is 16.4. The van der Waals surface area contributed by atoms with Gasteiger partial charge in [-0.05, 0) is 47.1 Å². The molecule has 1 aromatic carbocycles. The minimum Gasteiger partial charge on any atom is -0.480 e. The average molecular weight is 338 g/mol. The van der Waals surface area contributed by atoms with Crippen LogP contribution >= 0.6 is 0 Å². The zero-order valence-electron chi connectivity index (χ0n) is 15.4. The molecule has 0 amide bonds. The first-order valence-electron chi connectivity index (χ1n) is 8.46. The van der Waals surface area contributed by atoms with Crippen molar-refractivity contribution in [2.75, 3.05) is 19.0 Å². The smallest absolute Gasteiger partial charge is 0.321 e. The maximum absolute atomic E-state index is 11.5. The molecule has 0 spiro atoms. The molecule has 2 atom stereocenters. The number of nitriles is 1. The predicted molar refractivity (Wildman–Crippen MR) is 102 cm³/mol. The highest BCUT2D eigenvalue weighted by molar-refractivity contribution is 5.79. The second-order valence-electron chi connectivity index (χ2n) is 7.72. The van der Waals surface area contributed by atoms with Crippen LogP contribution in [0.25, 0.3) is 11.6 Å². The topological polar surface area (TPSA) is 64.3 Å². The summed E-state index contributed by atoms with van der Waals surface area (Å²) in [5.41, 5.74) is 4.21. The number of rotatable bonds is 5.